The third kappa shape index (κ3) is 4.19. The molecule has 4 heteroatoms. The molecule has 0 radical (unpaired) electrons. The summed E-state index contributed by atoms with van der Waals surface area (Å²) in [7, 11) is 0. The molecular weight excluding hydrogens is 228 g/mol. The van der Waals surface area contributed by atoms with Crippen molar-refractivity contribution in [2.24, 2.45) is 5.92 Å². The molecular formula is C14H28N2O2. The summed E-state index contributed by atoms with van der Waals surface area (Å²) >= 11 is 0. The Labute approximate surface area is 110 Å². The second kappa shape index (κ2) is 8.10. The average Bonchev–Trinajstić information content (AvgIpc) is 2.88. The van der Waals surface area contributed by atoms with Crippen LogP contribution in [0, 0.1) is 5.92 Å². The molecule has 3 atom stereocenters. The number of piperidine rings is 1. The van der Waals surface area contributed by atoms with Gasteiger partial charge in [0.1, 0.15) is 0 Å². The molecule has 1 heterocycles. The maximum Gasteiger partial charge on any atom is 0.0698 e. The molecule has 0 spiro atoms. The zero-order valence-corrected chi connectivity index (χ0v) is 11.4. The van der Waals surface area contributed by atoms with Crippen LogP contribution in [0.3, 0.4) is 0 Å². The Bertz CT molecular complexity index is 220. The van der Waals surface area contributed by atoms with Crippen molar-refractivity contribution in [3.05, 3.63) is 0 Å². The lowest BCUT2D eigenvalue weighted by Gasteiger charge is -2.33. The van der Waals surface area contributed by atoms with Gasteiger partial charge in [-0.3, -0.25) is 0 Å². The monoisotopic (exact) mass is 256 g/mol. The summed E-state index contributed by atoms with van der Waals surface area (Å²) in [5.74, 6) is 0.808. The van der Waals surface area contributed by atoms with Gasteiger partial charge in [-0.2, -0.15) is 0 Å². The molecule has 18 heavy (non-hydrogen) atoms. The SMILES string of the molecule is OCCOCCNC1CCCC1C1CCCCN1. The summed E-state index contributed by atoms with van der Waals surface area (Å²) in [6, 6.07) is 1.40. The van der Waals surface area contributed by atoms with E-state index < -0.39 is 0 Å². The van der Waals surface area contributed by atoms with Crippen molar-refractivity contribution in [1.29, 1.82) is 0 Å². The van der Waals surface area contributed by atoms with Crippen molar-refractivity contribution < 1.29 is 9.84 Å². The number of hydrogen-bond donors (Lipinski definition) is 3. The van der Waals surface area contributed by atoms with Crippen molar-refractivity contribution in [2.45, 2.75) is 50.6 Å². The van der Waals surface area contributed by atoms with Crippen LogP contribution in [0.25, 0.3) is 0 Å². The highest BCUT2D eigenvalue weighted by atomic mass is 16.5. The van der Waals surface area contributed by atoms with Gasteiger partial charge in [0.25, 0.3) is 0 Å². The minimum atomic E-state index is 0.123. The predicted molar refractivity (Wildman–Crippen MR) is 72.7 cm³/mol. The highest BCUT2D eigenvalue weighted by Gasteiger charge is 2.33. The van der Waals surface area contributed by atoms with Crippen LogP contribution >= 0.6 is 0 Å². The van der Waals surface area contributed by atoms with Crippen LogP contribution in [0.5, 0.6) is 0 Å². The largest absolute Gasteiger partial charge is 0.394 e. The molecule has 0 amide bonds. The summed E-state index contributed by atoms with van der Waals surface area (Å²) in [6.45, 7) is 3.40. The van der Waals surface area contributed by atoms with Crippen molar-refractivity contribution in [3.63, 3.8) is 0 Å². The molecule has 0 aromatic carbocycles. The third-order valence-electron chi connectivity index (χ3n) is 4.32. The summed E-state index contributed by atoms with van der Waals surface area (Å²) < 4.78 is 5.30. The Morgan fingerprint density at radius 2 is 2.06 bits per heavy atom. The summed E-state index contributed by atoms with van der Waals surface area (Å²) in [6.07, 6.45) is 8.12. The Morgan fingerprint density at radius 1 is 1.11 bits per heavy atom. The van der Waals surface area contributed by atoms with E-state index in [0.29, 0.717) is 19.3 Å². The van der Waals surface area contributed by atoms with Gasteiger partial charge in [-0.25, -0.2) is 0 Å². The second-order valence-corrected chi connectivity index (χ2v) is 5.55. The fourth-order valence-corrected chi connectivity index (χ4v) is 3.45. The smallest absolute Gasteiger partial charge is 0.0698 e. The van der Waals surface area contributed by atoms with E-state index in [1.165, 1.54) is 45.1 Å². The molecule has 1 saturated carbocycles. The lowest BCUT2D eigenvalue weighted by atomic mass is 9.88. The highest BCUT2D eigenvalue weighted by molar-refractivity contribution is 4.92. The van der Waals surface area contributed by atoms with Crippen LogP contribution in [-0.4, -0.2) is 50.1 Å². The van der Waals surface area contributed by atoms with Gasteiger partial charge in [0.2, 0.25) is 0 Å². The van der Waals surface area contributed by atoms with Gasteiger partial charge in [0.05, 0.1) is 19.8 Å². The number of rotatable bonds is 7. The van der Waals surface area contributed by atoms with Crippen LogP contribution < -0.4 is 10.6 Å². The van der Waals surface area contributed by atoms with Gasteiger partial charge in [0.15, 0.2) is 0 Å². The molecule has 3 unspecified atom stereocenters. The van der Waals surface area contributed by atoms with Gasteiger partial charge < -0.3 is 20.5 Å². The zero-order chi connectivity index (χ0) is 12.6. The molecule has 2 fully saturated rings. The lowest BCUT2D eigenvalue weighted by Crippen LogP contribution is -2.47. The summed E-state index contributed by atoms with van der Waals surface area (Å²) in [4.78, 5) is 0. The quantitative estimate of drug-likeness (QED) is 0.592. The highest BCUT2D eigenvalue weighted by Crippen LogP contribution is 2.31. The molecule has 106 valence electrons. The first-order valence-corrected chi connectivity index (χ1v) is 7.57. The maximum atomic E-state index is 8.64. The fourth-order valence-electron chi connectivity index (χ4n) is 3.45. The molecule has 1 saturated heterocycles. The van der Waals surface area contributed by atoms with Crippen molar-refractivity contribution in [2.75, 3.05) is 32.9 Å². The standard InChI is InChI=1S/C14H28N2O2/c17-9-11-18-10-8-16-14-6-3-4-12(14)13-5-1-2-7-15-13/h12-17H,1-11H2. The summed E-state index contributed by atoms with van der Waals surface area (Å²) in [5.41, 5.74) is 0. The topological polar surface area (TPSA) is 53.5 Å². The van der Waals surface area contributed by atoms with E-state index in [9.17, 15) is 0 Å². The molecule has 1 aliphatic heterocycles. The Balaban J connectivity index is 1.66. The van der Waals surface area contributed by atoms with Gasteiger partial charge in [-0.15, -0.1) is 0 Å². The van der Waals surface area contributed by atoms with E-state index in [2.05, 4.69) is 10.6 Å². The molecule has 1 aliphatic carbocycles. The normalized spacial score (nSPS) is 32.8. The van der Waals surface area contributed by atoms with Crippen LogP contribution in [0.15, 0.2) is 0 Å². The Hall–Kier alpha value is -0.160. The first-order chi connectivity index (χ1) is 8.92. The van der Waals surface area contributed by atoms with Gasteiger partial charge in [-0.05, 0) is 38.1 Å². The zero-order valence-electron chi connectivity index (χ0n) is 11.4. The number of ether oxygens (including phenoxy) is 1. The minimum absolute atomic E-state index is 0.123. The first kappa shape index (κ1) is 14.3. The predicted octanol–water partition coefficient (Wildman–Crippen LogP) is 0.896. The Morgan fingerprint density at radius 3 is 2.83 bits per heavy atom. The number of nitrogens with one attached hydrogen (secondary N) is 2. The number of hydrogen-bond acceptors (Lipinski definition) is 4. The van der Waals surface area contributed by atoms with Crippen LogP contribution in [0.2, 0.25) is 0 Å². The molecule has 0 aromatic heterocycles. The van der Waals surface area contributed by atoms with Gasteiger partial charge in [-0.1, -0.05) is 12.8 Å². The summed E-state index contributed by atoms with van der Waals surface area (Å²) in [5, 5.41) is 16.0. The molecule has 0 aromatic rings. The lowest BCUT2D eigenvalue weighted by molar-refractivity contribution is 0.0911. The molecule has 4 nitrogen and oxygen atoms in total. The van der Waals surface area contributed by atoms with Gasteiger partial charge >= 0.3 is 0 Å². The molecule has 2 aliphatic rings. The van der Waals surface area contributed by atoms with Gasteiger partial charge in [0, 0.05) is 18.6 Å². The van der Waals surface area contributed by atoms with E-state index in [1.54, 1.807) is 0 Å². The van der Waals surface area contributed by atoms with E-state index in [0.717, 1.165) is 18.5 Å². The van der Waals surface area contributed by atoms with E-state index >= 15 is 0 Å². The molecule has 2 rings (SSSR count). The second-order valence-electron chi connectivity index (χ2n) is 5.55. The van der Waals surface area contributed by atoms with Crippen molar-refractivity contribution in [1.82, 2.24) is 10.6 Å². The van der Waals surface area contributed by atoms with Crippen molar-refractivity contribution >= 4 is 0 Å². The average molecular weight is 256 g/mol. The van der Waals surface area contributed by atoms with Crippen LogP contribution in [-0.2, 0) is 4.74 Å². The Kier molecular flexibility index (Phi) is 6.41. The van der Waals surface area contributed by atoms with E-state index in [1.807, 2.05) is 0 Å². The number of aliphatic hydroxyl groups excluding tert-OH is 1. The van der Waals surface area contributed by atoms with E-state index in [4.69, 9.17) is 9.84 Å². The molecule has 3 N–H and O–H groups in total. The maximum absolute atomic E-state index is 8.64. The van der Waals surface area contributed by atoms with E-state index in [-0.39, 0.29) is 6.61 Å². The third-order valence-corrected chi connectivity index (χ3v) is 4.32. The van der Waals surface area contributed by atoms with Crippen LogP contribution in [0.4, 0.5) is 0 Å². The first-order valence-electron chi connectivity index (χ1n) is 7.57. The van der Waals surface area contributed by atoms with Crippen molar-refractivity contribution in [3.8, 4) is 0 Å². The fraction of sp³-hybridized carbons (Fsp3) is 1.00. The molecule has 0 bridgehead atoms. The number of aliphatic hydroxyl groups is 1. The van der Waals surface area contributed by atoms with Crippen LogP contribution in [0.1, 0.15) is 38.5 Å². The minimum Gasteiger partial charge on any atom is -0.394 e.